The highest BCUT2D eigenvalue weighted by Crippen LogP contribution is 2.23. The number of benzene rings is 2. The lowest BCUT2D eigenvalue weighted by molar-refractivity contribution is -0.384. The van der Waals surface area contributed by atoms with Crippen LogP contribution >= 0.6 is 0 Å². The summed E-state index contributed by atoms with van der Waals surface area (Å²) >= 11 is 0. The maximum absolute atomic E-state index is 11.5. The summed E-state index contributed by atoms with van der Waals surface area (Å²) in [4.78, 5) is 26.3. The highest BCUT2D eigenvalue weighted by atomic mass is 16.6. The van der Waals surface area contributed by atoms with Crippen molar-refractivity contribution in [1.29, 1.82) is 0 Å². The lowest BCUT2D eigenvalue weighted by atomic mass is 10.2. The van der Waals surface area contributed by atoms with Gasteiger partial charge in [0.25, 0.3) is 5.69 Å². The molecule has 0 amide bonds. The number of carbonyl (C=O) groups is 1. The third kappa shape index (κ3) is 3.52. The summed E-state index contributed by atoms with van der Waals surface area (Å²) in [5.74, 6) is 0.351. The van der Waals surface area contributed by atoms with Crippen LogP contribution in [0.25, 0.3) is 17.1 Å². The number of nitro benzene ring substituents is 1. The van der Waals surface area contributed by atoms with E-state index >= 15 is 0 Å². The molecule has 0 radical (unpaired) electrons. The molecule has 1 heterocycles. The van der Waals surface area contributed by atoms with E-state index in [4.69, 9.17) is 0 Å². The van der Waals surface area contributed by atoms with E-state index in [9.17, 15) is 14.9 Å². The summed E-state index contributed by atoms with van der Waals surface area (Å²) in [6.07, 6.45) is -0.0592. The Labute approximate surface area is 142 Å². The highest BCUT2D eigenvalue weighted by molar-refractivity contribution is 5.71. The minimum absolute atomic E-state index is 0.00990. The second-order valence-corrected chi connectivity index (χ2v) is 5.16. The molecule has 0 atom stereocenters. The van der Waals surface area contributed by atoms with E-state index in [1.54, 1.807) is 16.8 Å². The Morgan fingerprint density at radius 2 is 1.84 bits per heavy atom. The predicted molar refractivity (Wildman–Crippen MR) is 89.2 cm³/mol. The number of aromatic nitrogens is 3. The maximum atomic E-state index is 11.5. The van der Waals surface area contributed by atoms with Gasteiger partial charge < -0.3 is 4.74 Å². The summed E-state index contributed by atoms with van der Waals surface area (Å²) < 4.78 is 6.25. The van der Waals surface area contributed by atoms with Crippen molar-refractivity contribution in [3.63, 3.8) is 0 Å². The zero-order chi connectivity index (χ0) is 17.8. The van der Waals surface area contributed by atoms with Crippen LogP contribution in [0.5, 0.6) is 0 Å². The monoisotopic (exact) mass is 338 g/mol. The van der Waals surface area contributed by atoms with Crippen molar-refractivity contribution in [1.82, 2.24) is 14.8 Å². The molecule has 3 aromatic rings. The van der Waals surface area contributed by atoms with E-state index in [0.29, 0.717) is 17.2 Å². The molecule has 0 saturated heterocycles. The van der Waals surface area contributed by atoms with E-state index < -0.39 is 10.9 Å². The van der Waals surface area contributed by atoms with Gasteiger partial charge in [-0.2, -0.15) is 5.10 Å². The number of rotatable bonds is 5. The average Bonchev–Trinajstić information content (AvgIpc) is 3.06. The number of esters is 1. The highest BCUT2D eigenvalue weighted by Gasteiger charge is 2.17. The van der Waals surface area contributed by atoms with Crippen molar-refractivity contribution in [2.45, 2.75) is 6.42 Å². The summed E-state index contributed by atoms with van der Waals surface area (Å²) in [6.45, 7) is 0. The van der Waals surface area contributed by atoms with Gasteiger partial charge in [-0.1, -0.05) is 18.2 Å². The van der Waals surface area contributed by atoms with Crippen molar-refractivity contribution in [3.05, 3.63) is 70.5 Å². The number of para-hydroxylation sites is 1. The van der Waals surface area contributed by atoms with E-state index in [0.717, 1.165) is 5.69 Å². The van der Waals surface area contributed by atoms with Crippen LogP contribution in [0.1, 0.15) is 5.82 Å². The molecule has 0 N–H and O–H groups in total. The number of non-ortho nitro benzene ring substituents is 1. The molecule has 0 aliphatic heterocycles. The van der Waals surface area contributed by atoms with Crippen molar-refractivity contribution < 1.29 is 14.5 Å². The van der Waals surface area contributed by atoms with Gasteiger partial charge in [0.2, 0.25) is 0 Å². The number of nitro groups is 1. The summed E-state index contributed by atoms with van der Waals surface area (Å²) in [7, 11) is 1.30. The molecule has 0 aliphatic rings. The standard InChI is InChI=1S/C17H14N4O4/c1-25-16(22)11-15-18-17(12-7-9-14(10-8-12)21(23)24)20(19-15)13-5-3-2-4-6-13/h2-10H,11H2,1H3. The normalized spacial score (nSPS) is 10.4. The Balaban J connectivity index is 2.06. The Bertz CT molecular complexity index is 904. The first kappa shape index (κ1) is 16.3. The van der Waals surface area contributed by atoms with Crippen LogP contribution < -0.4 is 0 Å². The first-order valence-corrected chi connectivity index (χ1v) is 7.41. The van der Waals surface area contributed by atoms with Crippen LogP contribution in [0.3, 0.4) is 0 Å². The average molecular weight is 338 g/mol. The van der Waals surface area contributed by atoms with Gasteiger partial charge in [0.1, 0.15) is 6.42 Å². The summed E-state index contributed by atoms with van der Waals surface area (Å²) in [5.41, 5.74) is 1.40. The van der Waals surface area contributed by atoms with Crippen LogP contribution in [0.2, 0.25) is 0 Å². The molecule has 25 heavy (non-hydrogen) atoms. The molecule has 0 bridgehead atoms. The zero-order valence-electron chi connectivity index (χ0n) is 13.3. The fraction of sp³-hybridized carbons (Fsp3) is 0.118. The molecule has 3 rings (SSSR count). The molecule has 0 aliphatic carbocycles. The molecule has 2 aromatic carbocycles. The lowest BCUT2D eigenvalue weighted by Crippen LogP contribution is -2.06. The van der Waals surface area contributed by atoms with Crippen molar-refractivity contribution in [2.24, 2.45) is 0 Å². The number of carbonyl (C=O) groups excluding carboxylic acids is 1. The number of hydrogen-bond donors (Lipinski definition) is 0. The number of hydrogen-bond acceptors (Lipinski definition) is 6. The van der Waals surface area contributed by atoms with E-state index in [1.807, 2.05) is 30.3 Å². The van der Waals surface area contributed by atoms with Gasteiger partial charge in [0.15, 0.2) is 11.6 Å². The van der Waals surface area contributed by atoms with Crippen molar-refractivity contribution >= 4 is 11.7 Å². The van der Waals surface area contributed by atoms with Crippen LogP contribution in [0.4, 0.5) is 5.69 Å². The second kappa shape index (κ2) is 6.91. The Hall–Kier alpha value is -3.55. The minimum atomic E-state index is -0.464. The zero-order valence-corrected chi connectivity index (χ0v) is 13.3. The molecular weight excluding hydrogens is 324 g/mol. The molecule has 8 heteroatoms. The first-order valence-electron chi connectivity index (χ1n) is 7.41. The number of ether oxygens (including phenoxy) is 1. The quantitative estimate of drug-likeness (QED) is 0.403. The Kier molecular flexibility index (Phi) is 4.51. The van der Waals surface area contributed by atoms with Gasteiger partial charge in [-0.25, -0.2) is 9.67 Å². The van der Waals surface area contributed by atoms with Gasteiger partial charge in [0, 0.05) is 17.7 Å². The van der Waals surface area contributed by atoms with Crippen LogP contribution in [0.15, 0.2) is 54.6 Å². The Morgan fingerprint density at radius 3 is 2.44 bits per heavy atom. The third-order valence-corrected chi connectivity index (χ3v) is 3.52. The smallest absolute Gasteiger partial charge is 0.313 e. The van der Waals surface area contributed by atoms with Gasteiger partial charge >= 0.3 is 5.97 Å². The number of methoxy groups -OCH3 is 1. The van der Waals surface area contributed by atoms with Gasteiger partial charge in [-0.05, 0) is 24.3 Å². The fourth-order valence-electron chi connectivity index (χ4n) is 2.30. The molecule has 0 unspecified atom stereocenters. The molecule has 126 valence electrons. The summed E-state index contributed by atoms with van der Waals surface area (Å²) in [5, 5.41) is 15.2. The molecule has 0 saturated carbocycles. The largest absolute Gasteiger partial charge is 0.469 e. The van der Waals surface area contributed by atoms with E-state index in [-0.39, 0.29) is 12.1 Å². The van der Waals surface area contributed by atoms with Crippen LogP contribution in [-0.2, 0) is 16.0 Å². The third-order valence-electron chi connectivity index (χ3n) is 3.52. The Morgan fingerprint density at radius 1 is 1.16 bits per heavy atom. The van der Waals surface area contributed by atoms with Crippen LogP contribution in [-0.4, -0.2) is 32.8 Å². The molecule has 1 aromatic heterocycles. The van der Waals surface area contributed by atoms with Gasteiger partial charge in [-0.15, -0.1) is 0 Å². The van der Waals surface area contributed by atoms with E-state index in [2.05, 4.69) is 14.8 Å². The van der Waals surface area contributed by atoms with Crippen molar-refractivity contribution in [2.75, 3.05) is 7.11 Å². The molecular formula is C17H14N4O4. The van der Waals surface area contributed by atoms with Gasteiger partial charge in [-0.3, -0.25) is 14.9 Å². The van der Waals surface area contributed by atoms with E-state index in [1.165, 1.54) is 19.2 Å². The SMILES string of the molecule is COC(=O)Cc1nc(-c2ccc([N+](=O)[O-])cc2)n(-c2ccccc2)n1. The van der Waals surface area contributed by atoms with Crippen molar-refractivity contribution in [3.8, 4) is 17.1 Å². The minimum Gasteiger partial charge on any atom is -0.469 e. The summed E-state index contributed by atoms with van der Waals surface area (Å²) in [6, 6.07) is 15.3. The topological polar surface area (TPSA) is 100 Å². The molecule has 0 spiro atoms. The lowest BCUT2D eigenvalue weighted by Gasteiger charge is -2.05. The fourth-order valence-corrected chi connectivity index (χ4v) is 2.30. The predicted octanol–water partition coefficient (Wildman–Crippen LogP) is 2.56. The molecule has 8 nitrogen and oxygen atoms in total. The van der Waals surface area contributed by atoms with Crippen LogP contribution in [0, 0.1) is 10.1 Å². The number of nitrogens with zero attached hydrogens (tertiary/aromatic N) is 4. The van der Waals surface area contributed by atoms with Gasteiger partial charge in [0.05, 0.1) is 17.7 Å². The second-order valence-electron chi connectivity index (χ2n) is 5.16. The first-order chi connectivity index (χ1) is 12.1. The maximum Gasteiger partial charge on any atom is 0.313 e. The molecule has 0 fully saturated rings.